The summed E-state index contributed by atoms with van der Waals surface area (Å²) >= 11 is 0. The molecule has 0 radical (unpaired) electrons. The number of nitrogens with zero attached hydrogens (tertiary/aromatic N) is 3. The lowest BCUT2D eigenvalue weighted by molar-refractivity contribution is 0.194. The van der Waals surface area contributed by atoms with Crippen LogP contribution in [0.1, 0.15) is 49.9 Å². The average Bonchev–Trinajstić information content (AvgIpc) is 2.90. The Balaban J connectivity index is 2.52. The Hall–Kier alpha value is -1.88. The predicted molar refractivity (Wildman–Crippen MR) is 76.8 cm³/mol. The van der Waals surface area contributed by atoms with Crippen molar-refractivity contribution in [1.29, 1.82) is 0 Å². The summed E-state index contributed by atoms with van der Waals surface area (Å²) in [5.41, 5.74) is 2.34. The molecule has 0 bridgehead atoms. The van der Waals surface area contributed by atoms with E-state index in [-0.39, 0.29) is 6.04 Å². The third-order valence-electron chi connectivity index (χ3n) is 3.33. The average molecular weight is 275 g/mol. The third kappa shape index (κ3) is 2.54. The Kier molecular flexibility index (Phi) is 4.39. The van der Waals surface area contributed by atoms with Crippen molar-refractivity contribution in [2.75, 3.05) is 7.11 Å². The van der Waals surface area contributed by atoms with Crippen LogP contribution >= 0.6 is 0 Å². The fourth-order valence-electron chi connectivity index (χ4n) is 2.31. The number of hydrogen-bond acceptors (Lipinski definition) is 4. The van der Waals surface area contributed by atoms with E-state index < -0.39 is 6.10 Å². The summed E-state index contributed by atoms with van der Waals surface area (Å²) in [5.74, 6) is 0.582. The molecule has 20 heavy (non-hydrogen) atoms. The van der Waals surface area contributed by atoms with Crippen molar-refractivity contribution in [2.45, 2.75) is 39.3 Å². The van der Waals surface area contributed by atoms with E-state index in [0.717, 1.165) is 12.0 Å². The van der Waals surface area contributed by atoms with Gasteiger partial charge in [-0.1, -0.05) is 13.0 Å². The second-order valence-electron chi connectivity index (χ2n) is 4.94. The zero-order chi connectivity index (χ0) is 14.7. The molecule has 1 atom stereocenters. The number of aryl methyl sites for hydroxylation is 1. The van der Waals surface area contributed by atoms with Crippen LogP contribution in [-0.4, -0.2) is 27.0 Å². The minimum absolute atomic E-state index is 0.136. The third-order valence-corrected chi connectivity index (χ3v) is 3.33. The van der Waals surface area contributed by atoms with Crippen molar-refractivity contribution in [3.05, 3.63) is 41.5 Å². The standard InChI is InChI=1S/C15H21N3O2/c1-5-11-7-6-8-16-13(11)15(19)14-12(20-4)9-17-18(14)10(2)3/h6-10,15,19H,5H2,1-4H3. The van der Waals surface area contributed by atoms with Crippen LogP contribution in [0.2, 0.25) is 0 Å². The van der Waals surface area contributed by atoms with Gasteiger partial charge in [0.05, 0.1) is 19.0 Å². The van der Waals surface area contributed by atoms with Crippen molar-refractivity contribution in [1.82, 2.24) is 14.8 Å². The van der Waals surface area contributed by atoms with Crippen molar-refractivity contribution >= 4 is 0 Å². The quantitative estimate of drug-likeness (QED) is 0.911. The van der Waals surface area contributed by atoms with Gasteiger partial charge in [-0.25, -0.2) is 0 Å². The number of ether oxygens (including phenoxy) is 1. The van der Waals surface area contributed by atoms with Crippen LogP contribution in [0.5, 0.6) is 5.75 Å². The van der Waals surface area contributed by atoms with E-state index in [2.05, 4.69) is 10.1 Å². The Morgan fingerprint density at radius 3 is 2.75 bits per heavy atom. The monoisotopic (exact) mass is 275 g/mol. The van der Waals surface area contributed by atoms with E-state index in [4.69, 9.17) is 4.74 Å². The highest BCUT2D eigenvalue weighted by molar-refractivity contribution is 5.35. The van der Waals surface area contributed by atoms with Crippen LogP contribution < -0.4 is 4.74 Å². The first-order valence-electron chi connectivity index (χ1n) is 6.83. The largest absolute Gasteiger partial charge is 0.493 e. The molecule has 0 aromatic carbocycles. The first kappa shape index (κ1) is 14.5. The Morgan fingerprint density at radius 1 is 1.40 bits per heavy atom. The summed E-state index contributed by atoms with van der Waals surface area (Å²) < 4.78 is 7.10. The minimum atomic E-state index is -0.842. The number of aliphatic hydroxyl groups excluding tert-OH is 1. The Morgan fingerprint density at radius 2 is 2.15 bits per heavy atom. The van der Waals surface area contributed by atoms with Gasteiger partial charge in [0.1, 0.15) is 11.8 Å². The van der Waals surface area contributed by atoms with E-state index in [1.165, 1.54) is 0 Å². The van der Waals surface area contributed by atoms with Gasteiger partial charge < -0.3 is 9.84 Å². The summed E-state index contributed by atoms with van der Waals surface area (Å²) in [6, 6.07) is 4.00. The molecule has 0 saturated carbocycles. The number of hydrogen-bond donors (Lipinski definition) is 1. The van der Waals surface area contributed by atoms with Crippen LogP contribution in [0.15, 0.2) is 24.5 Å². The van der Waals surface area contributed by atoms with E-state index in [1.807, 2.05) is 32.9 Å². The van der Waals surface area contributed by atoms with Gasteiger partial charge in [0.2, 0.25) is 0 Å². The Labute approximate surface area is 119 Å². The summed E-state index contributed by atoms with van der Waals surface area (Å²) in [7, 11) is 1.58. The highest BCUT2D eigenvalue weighted by Crippen LogP contribution is 2.32. The number of pyridine rings is 1. The van der Waals surface area contributed by atoms with Gasteiger partial charge in [-0.05, 0) is 31.9 Å². The second-order valence-corrected chi connectivity index (χ2v) is 4.94. The molecular formula is C15H21N3O2. The lowest BCUT2D eigenvalue weighted by Gasteiger charge is -2.18. The normalized spacial score (nSPS) is 12.7. The first-order valence-corrected chi connectivity index (χ1v) is 6.83. The maximum atomic E-state index is 10.7. The molecule has 1 unspecified atom stereocenters. The van der Waals surface area contributed by atoms with E-state index in [0.29, 0.717) is 17.1 Å². The van der Waals surface area contributed by atoms with Crippen LogP contribution in [-0.2, 0) is 6.42 Å². The van der Waals surface area contributed by atoms with Crippen LogP contribution in [0.25, 0.3) is 0 Å². The fraction of sp³-hybridized carbons (Fsp3) is 0.467. The molecule has 2 rings (SSSR count). The zero-order valence-electron chi connectivity index (χ0n) is 12.4. The lowest BCUT2D eigenvalue weighted by Crippen LogP contribution is -2.15. The highest BCUT2D eigenvalue weighted by Gasteiger charge is 2.25. The lowest BCUT2D eigenvalue weighted by atomic mass is 10.0. The molecule has 0 saturated heterocycles. The maximum absolute atomic E-state index is 10.7. The van der Waals surface area contributed by atoms with Crippen LogP contribution in [0, 0.1) is 0 Å². The summed E-state index contributed by atoms with van der Waals surface area (Å²) in [6.45, 7) is 6.08. The van der Waals surface area contributed by atoms with Crippen molar-refractivity contribution in [2.24, 2.45) is 0 Å². The van der Waals surface area contributed by atoms with Gasteiger partial charge in [0.15, 0.2) is 5.75 Å². The first-order chi connectivity index (χ1) is 9.60. The van der Waals surface area contributed by atoms with Gasteiger partial charge >= 0.3 is 0 Å². The number of methoxy groups -OCH3 is 1. The molecule has 2 aromatic rings. The summed E-state index contributed by atoms with van der Waals surface area (Å²) in [4.78, 5) is 4.33. The molecule has 108 valence electrons. The topological polar surface area (TPSA) is 60.2 Å². The van der Waals surface area contributed by atoms with E-state index in [1.54, 1.807) is 24.2 Å². The molecule has 0 fully saturated rings. The second kappa shape index (κ2) is 6.05. The molecular weight excluding hydrogens is 254 g/mol. The number of aliphatic hydroxyl groups is 1. The molecule has 0 spiro atoms. The molecule has 2 aromatic heterocycles. The van der Waals surface area contributed by atoms with Crippen molar-refractivity contribution in [3.8, 4) is 5.75 Å². The SMILES string of the molecule is CCc1cccnc1C(O)c1c(OC)cnn1C(C)C. The number of rotatable bonds is 5. The minimum Gasteiger partial charge on any atom is -0.493 e. The fourth-order valence-corrected chi connectivity index (χ4v) is 2.31. The van der Waals surface area contributed by atoms with E-state index in [9.17, 15) is 5.11 Å². The van der Waals surface area contributed by atoms with Gasteiger partial charge in [-0.3, -0.25) is 9.67 Å². The molecule has 0 amide bonds. The molecule has 0 aliphatic rings. The summed E-state index contributed by atoms with van der Waals surface area (Å²) in [6.07, 6.45) is 3.30. The predicted octanol–water partition coefficient (Wildman–Crippen LogP) is 2.51. The molecule has 5 nitrogen and oxygen atoms in total. The molecule has 0 aliphatic heterocycles. The van der Waals surface area contributed by atoms with Crippen LogP contribution in [0.4, 0.5) is 0 Å². The van der Waals surface area contributed by atoms with Crippen molar-refractivity contribution in [3.63, 3.8) is 0 Å². The Bertz CT molecular complexity index is 578. The summed E-state index contributed by atoms with van der Waals surface area (Å²) in [5, 5.41) is 15.0. The molecule has 0 aliphatic carbocycles. The molecule has 2 heterocycles. The smallest absolute Gasteiger partial charge is 0.163 e. The van der Waals surface area contributed by atoms with Gasteiger partial charge in [0.25, 0.3) is 0 Å². The zero-order valence-corrected chi connectivity index (χ0v) is 12.4. The van der Waals surface area contributed by atoms with Crippen molar-refractivity contribution < 1.29 is 9.84 Å². The van der Waals surface area contributed by atoms with Gasteiger partial charge in [-0.15, -0.1) is 0 Å². The van der Waals surface area contributed by atoms with Gasteiger partial charge in [0, 0.05) is 12.2 Å². The molecule has 5 heteroatoms. The number of aromatic nitrogens is 3. The maximum Gasteiger partial charge on any atom is 0.163 e. The highest BCUT2D eigenvalue weighted by atomic mass is 16.5. The van der Waals surface area contributed by atoms with E-state index >= 15 is 0 Å². The molecule has 1 N–H and O–H groups in total. The van der Waals surface area contributed by atoms with Crippen LogP contribution in [0.3, 0.4) is 0 Å². The van der Waals surface area contributed by atoms with Gasteiger partial charge in [-0.2, -0.15) is 5.10 Å².